The lowest BCUT2D eigenvalue weighted by Crippen LogP contribution is -2.44. The van der Waals surface area contributed by atoms with Crippen LogP contribution in [0.3, 0.4) is 0 Å². The normalized spacial score (nSPS) is 33.9. The number of ether oxygens (including phenoxy) is 1. The third-order valence-electron chi connectivity index (χ3n) is 6.79. The quantitative estimate of drug-likeness (QED) is 0.797. The summed E-state index contributed by atoms with van der Waals surface area (Å²) in [6, 6.07) is 1.37. The van der Waals surface area contributed by atoms with E-state index in [-0.39, 0.29) is 0 Å². The number of piperidine rings is 2. The van der Waals surface area contributed by atoms with Crippen LogP contribution < -0.4 is 5.32 Å². The highest BCUT2D eigenvalue weighted by molar-refractivity contribution is 5.76. The Morgan fingerprint density at radius 2 is 1.64 bits per heavy atom. The van der Waals surface area contributed by atoms with E-state index in [1.807, 2.05) is 0 Å². The monoisotopic (exact) mass is 349 g/mol. The number of hydrogen-bond donors (Lipinski definition) is 1. The van der Waals surface area contributed by atoms with Gasteiger partial charge in [-0.2, -0.15) is 0 Å². The minimum atomic E-state index is 0.362. The molecule has 142 valence electrons. The Morgan fingerprint density at radius 1 is 0.960 bits per heavy atom. The zero-order valence-electron chi connectivity index (χ0n) is 15.6. The van der Waals surface area contributed by atoms with E-state index in [0.717, 1.165) is 45.5 Å². The molecule has 4 aliphatic heterocycles. The molecule has 5 heteroatoms. The minimum Gasteiger partial charge on any atom is -0.377 e. The van der Waals surface area contributed by atoms with Crippen LogP contribution in [0.25, 0.3) is 0 Å². The van der Waals surface area contributed by atoms with Gasteiger partial charge in [0.25, 0.3) is 0 Å². The van der Waals surface area contributed by atoms with Crippen LogP contribution in [0.5, 0.6) is 0 Å². The largest absolute Gasteiger partial charge is 0.377 e. The van der Waals surface area contributed by atoms with E-state index in [0.29, 0.717) is 30.0 Å². The molecule has 0 aromatic carbocycles. The first-order chi connectivity index (χ1) is 12.3. The summed E-state index contributed by atoms with van der Waals surface area (Å²) in [5, 5.41) is 3.67. The van der Waals surface area contributed by atoms with Gasteiger partial charge < -0.3 is 19.9 Å². The smallest absolute Gasteiger partial charge is 0.222 e. The topological polar surface area (TPSA) is 44.8 Å². The van der Waals surface area contributed by atoms with Gasteiger partial charge in [0.2, 0.25) is 5.91 Å². The van der Waals surface area contributed by atoms with Crippen LogP contribution in [0.4, 0.5) is 0 Å². The Hall–Kier alpha value is -0.650. The summed E-state index contributed by atoms with van der Waals surface area (Å²) in [6.45, 7) is 6.22. The van der Waals surface area contributed by atoms with Crippen molar-refractivity contribution < 1.29 is 9.53 Å². The molecule has 4 heterocycles. The third-order valence-corrected chi connectivity index (χ3v) is 6.79. The fraction of sp³-hybridized carbons (Fsp3) is 0.950. The van der Waals surface area contributed by atoms with Crippen LogP contribution in [-0.2, 0) is 9.53 Å². The Balaban J connectivity index is 1.12. The first-order valence-electron chi connectivity index (χ1n) is 10.6. The van der Waals surface area contributed by atoms with Crippen LogP contribution in [0.15, 0.2) is 0 Å². The molecule has 2 unspecified atom stereocenters. The van der Waals surface area contributed by atoms with Crippen molar-refractivity contribution in [2.75, 3.05) is 39.3 Å². The van der Waals surface area contributed by atoms with Crippen LogP contribution in [0.1, 0.15) is 57.8 Å². The lowest BCUT2D eigenvalue weighted by atomic mass is 9.89. The number of amides is 1. The van der Waals surface area contributed by atoms with E-state index in [4.69, 9.17) is 4.74 Å². The van der Waals surface area contributed by atoms with Gasteiger partial charge in [-0.25, -0.2) is 0 Å². The second-order valence-corrected chi connectivity index (χ2v) is 8.68. The second-order valence-electron chi connectivity index (χ2n) is 8.68. The van der Waals surface area contributed by atoms with Crippen molar-refractivity contribution >= 4 is 5.91 Å². The average Bonchev–Trinajstić information content (AvgIpc) is 3.25. The zero-order valence-corrected chi connectivity index (χ0v) is 15.6. The molecule has 4 fully saturated rings. The van der Waals surface area contributed by atoms with Crippen molar-refractivity contribution in [3.8, 4) is 0 Å². The minimum absolute atomic E-state index is 0.362. The first-order valence-corrected chi connectivity index (χ1v) is 10.6. The van der Waals surface area contributed by atoms with Crippen LogP contribution in [-0.4, -0.2) is 73.2 Å². The van der Waals surface area contributed by atoms with Gasteiger partial charge in [0, 0.05) is 38.1 Å². The summed E-state index contributed by atoms with van der Waals surface area (Å²) < 4.78 is 6.07. The molecule has 2 bridgehead atoms. The second kappa shape index (κ2) is 8.36. The molecule has 0 aromatic heterocycles. The summed E-state index contributed by atoms with van der Waals surface area (Å²) >= 11 is 0. The Bertz CT molecular complexity index is 432. The van der Waals surface area contributed by atoms with Gasteiger partial charge >= 0.3 is 0 Å². The predicted octanol–water partition coefficient (Wildman–Crippen LogP) is 2.01. The SMILES string of the molecule is O=C(CC1CC2CCC(C1)N2)N1CCC(OCCN2CCCC2)CC1. The lowest BCUT2D eigenvalue weighted by molar-refractivity contribution is -0.135. The van der Waals surface area contributed by atoms with Crippen molar-refractivity contribution in [2.24, 2.45) is 5.92 Å². The van der Waals surface area contributed by atoms with Gasteiger partial charge in [0.15, 0.2) is 0 Å². The summed E-state index contributed by atoms with van der Waals surface area (Å²) in [7, 11) is 0. The molecule has 0 spiro atoms. The van der Waals surface area contributed by atoms with Gasteiger partial charge in [0.1, 0.15) is 0 Å². The van der Waals surface area contributed by atoms with Crippen molar-refractivity contribution in [3.05, 3.63) is 0 Å². The van der Waals surface area contributed by atoms with Crippen LogP contribution >= 0.6 is 0 Å². The molecule has 0 radical (unpaired) electrons. The Labute approximate surface area is 152 Å². The number of carbonyl (C=O) groups is 1. The molecule has 25 heavy (non-hydrogen) atoms. The van der Waals surface area contributed by atoms with Crippen molar-refractivity contribution in [2.45, 2.75) is 76.0 Å². The maximum Gasteiger partial charge on any atom is 0.222 e. The molecule has 4 aliphatic rings. The van der Waals surface area contributed by atoms with Gasteiger partial charge in [-0.05, 0) is 70.4 Å². The van der Waals surface area contributed by atoms with E-state index < -0.39 is 0 Å². The highest BCUT2D eigenvalue weighted by Gasteiger charge is 2.35. The molecule has 0 aromatic rings. The maximum absolute atomic E-state index is 12.7. The molecule has 0 aliphatic carbocycles. The first kappa shape index (κ1) is 17.7. The van der Waals surface area contributed by atoms with Gasteiger partial charge in [-0.3, -0.25) is 4.79 Å². The summed E-state index contributed by atoms with van der Waals surface area (Å²) in [4.78, 5) is 17.3. The highest BCUT2D eigenvalue weighted by atomic mass is 16.5. The number of fused-ring (bicyclic) bond motifs is 2. The van der Waals surface area contributed by atoms with Crippen molar-refractivity contribution in [1.29, 1.82) is 0 Å². The van der Waals surface area contributed by atoms with Gasteiger partial charge in [0.05, 0.1) is 12.7 Å². The molecule has 4 rings (SSSR count). The summed E-state index contributed by atoms with van der Waals surface area (Å²) in [6.07, 6.45) is 10.9. The molecule has 1 amide bonds. The average molecular weight is 350 g/mol. The number of likely N-dealkylation sites (tertiary alicyclic amines) is 2. The van der Waals surface area contributed by atoms with E-state index in [2.05, 4.69) is 15.1 Å². The van der Waals surface area contributed by atoms with E-state index in [9.17, 15) is 4.79 Å². The van der Waals surface area contributed by atoms with Crippen molar-refractivity contribution in [3.63, 3.8) is 0 Å². The Morgan fingerprint density at radius 3 is 2.32 bits per heavy atom. The zero-order chi connectivity index (χ0) is 17.1. The molecular weight excluding hydrogens is 314 g/mol. The number of nitrogens with one attached hydrogen (secondary N) is 1. The number of nitrogens with zero attached hydrogens (tertiary/aromatic N) is 2. The maximum atomic E-state index is 12.7. The molecule has 0 saturated carbocycles. The third kappa shape index (κ3) is 4.75. The lowest BCUT2D eigenvalue weighted by Gasteiger charge is -2.34. The Kier molecular flexibility index (Phi) is 5.94. The number of rotatable bonds is 6. The van der Waals surface area contributed by atoms with Crippen molar-refractivity contribution in [1.82, 2.24) is 15.1 Å². The van der Waals surface area contributed by atoms with E-state index >= 15 is 0 Å². The van der Waals surface area contributed by atoms with Gasteiger partial charge in [-0.15, -0.1) is 0 Å². The predicted molar refractivity (Wildman–Crippen MR) is 98.5 cm³/mol. The fourth-order valence-electron chi connectivity index (χ4n) is 5.34. The van der Waals surface area contributed by atoms with E-state index in [1.54, 1.807) is 0 Å². The molecular formula is C20H35N3O2. The molecule has 5 nitrogen and oxygen atoms in total. The molecule has 1 N–H and O–H groups in total. The summed E-state index contributed by atoms with van der Waals surface area (Å²) in [5.41, 5.74) is 0. The molecule has 4 saturated heterocycles. The number of carbonyl (C=O) groups excluding carboxylic acids is 1. The fourth-order valence-corrected chi connectivity index (χ4v) is 5.34. The number of hydrogen-bond acceptors (Lipinski definition) is 4. The molecule has 2 atom stereocenters. The summed E-state index contributed by atoms with van der Waals surface area (Å²) in [5.74, 6) is 1.00. The van der Waals surface area contributed by atoms with E-state index in [1.165, 1.54) is 51.6 Å². The standard InChI is InChI=1S/C20H35N3O2/c24-20(15-16-13-17-3-4-18(14-16)21-17)23-9-5-19(6-10-23)25-12-11-22-7-1-2-8-22/h16-19,21H,1-15H2. The van der Waals surface area contributed by atoms with Crippen LogP contribution in [0.2, 0.25) is 0 Å². The highest BCUT2D eigenvalue weighted by Crippen LogP contribution is 2.33. The van der Waals surface area contributed by atoms with Crippen LogP contribution in [0, 0.1) is 5.92 Å². The van der Waals surface area contributed by atoms with Gasteiger partial charge in [-0.1, -0.05) is 0 Å².